The molecule has 24 heavy (non-hydrogen) atoms. The van der Waals surface area contributed by atoms with Gasteiger partial charge in [-0.1, -0.05) is 32.4 Å². The number of phenols is 1. The van der Waals surface area contributed by atoms with Gasteiger partial charge >= 0.3 is 5.97 Å². The zero-order valence-electron chi connectivity index (χ0n) is 14.0. The minimum absolute atomic E-state index is 0.196. The number of unbranched alkanes of at least 4 members (excludes halogenated alkanes) is 1. The standard InChI is InChI=1S/C19H23NO3S/c1-3-5-9-20-16-11-14(19(22)23)12-17(24-4-2)18(16)13-7-6-8-15(21)10-13/h6-8,10-12,20-21H,3-5,9H2,1-2H3,(H,22,23). The van der Waals surface area contributed by atoms with Crippen LogP contribution in [0.25, 0.3) is 11.1 Å². The number of thioether (sulfide) groups is 1. The lowest BCUT2D eigenvalue weighted by atomic mass is 10.0. The summed E-state index contributed by atoms with van der Waals surface area (Å²) in [5.74, 6) is 0.0965. The van der Waals surface area contributed by atoms with Gasteiger partial charge in [-0.2, -0.15) is 0 Å². The van der Waals surface area contributed by atoms with Crippen molar-refractivity contribution in [1.82, 2.24) is 0 Å². The molecule has 0 radical (unpaired) electrons. The van der Waals surface area contributed by atoms with Crippen molar-refractivity contribution in [3.63, 3.8) is 0 Å². The minimum Gasteiger partial charge on any atom is -0.508 e. The number of carboxylic acids is 1. The largest absolute Gasteiger partial charge is 0.508 e. The number of benzene rings is 2. The van der Waals surface area contributed by atoms with Gasteiger partial charge in [-0.25, -0.2) is 4.79 Å². The van der Waals surface area contributed by atoms with E-state index in [4.69, 9.17) is 0 Å². The normalized spacial score (nSPS) is 10.6. The Balaban J connectivity index is 2.60. The smallest absolute Gasteiger partial charge is 0.335 e. The average Bonchev–Trinajstić information content (AvgIpc) is 2.55. The second-order valence-corrected chi connectivity index (χ2v) is 6.77. The Morgan fingerprint density at radius 2 is 2.00 bits per heavy atom. The van der Waals surface area contributed by atoms with E-state index in [2.05, 4.69) is 12.2 Å². The Labute approximate surface area is 146 Å². The van der Waals surface area contributed by atoms with Crippen LogP contribution in [0.4, 0.5) is 5.69 Å². The Morgan fingerprint density at radius 3 is 2.62 bits per heavy atom. The zero-order valence-corrected chi connectivity index (χ0v) is 14.8. The van der Waals surface area contributed by atoms with Gasteiger partial charge in [-0.05, 0) is 42.0 Å². The molecule has 2 rings (SSSR count). The van der Waals surface area contributed by atoms with Gasteiger partial charge in [0.25, 0.3) is 0 Å². The van der Waals surface area contributed by atoms with E-state index >= 15 is 0 Å². The van der Waals surface area contributed by atoms with Crippen LogP contribution in [0.1, 0.15) is 37.0 Å². The first-order chi connectivity index (χ1) is 11.6. The van der Waals surface area contributed by atoms with Gasteiger partial charge in [-0.15, -0.1) is 11.8 Å². The number of nitrogens with one attached hydrogen (secondary N) is 1. The Kier molecular flexibility index (Phi) is 6.55. The first-order valence-corrected chi connectivity index (χ1v) is 9.12. The molecule has 4 nitrogen and oxygen atoms in total. The Hall–Kier alpha value is -2.14. The van der Waals surface area contributed by atoms with Crippen LogP contribution in [-0.2, 0) is 0 Å². The SMILES string of the molecule is CCCCNc1cc(C(=O)O)cc(SCC)c1-c1cccc(O)c1. The highest BCUT2D eigenvalue weighted by atomic mass is 32.2. The molecule has 2 aromatic rings. The summed E-state index contributed by atoms with van der Waals surface area (Å²) in [6.07, 6.45) is 2.07. The maximum atomic E-state index is 11.5. The van der Waals surface area contributed by atoms with E-state index in [1.54, 1.807) is 42.1 Å². The van der Waals surface area contributed by atoms with E-state index in [-0.39, 0.29) is 11.3 Å². The minimum atomic E-state index is -0.936. The van der Waals surface area contributed by atoms with E-state index in [1.807, 2.05) is 13.0 Å². The summed E-state index contributed by atoms with van der Waals surface area (Å²) in [4.78, 5) is 12.4. The number of aromatic hydroxyl groups is 1. The number of phenolic OH excluding ortho intramolecular Hbond substituents is 1. The van der Waals surface area contributed by atoms with Crippen molar-refractivity contribution in [3.05, 3.63) is 42.0 Å². The molecule has 0 aliphatic rings. The van der Waals surface area contributed by atoms with Crippen molar-refractivity contribution >= 4 is 23.4 Å². The van der Waals surface area contributed by atoms with Crippen LogP contribution in [0.15, 0.2) is 41.3 Å². The molecule has 0 fully saturated rings. The fourth-order valence-electron chi connectivity index (χ4n) is 2.51. The highest BCUT2D eigenvalue weighted by Crippen LogP contribution is 2.39. The number of carboxylic acid groups (broad SMARTS) is 1. The summed E-state index contributed by atoms with van der Waals surface area (Å²) in [7, 11) is 0. The van der Waals surface area contributed by atoms with Crippen LogP contribution >= 0.6 is 11.8 Å². The molecule has 0 amide bonds. The summed E-state index contributed by atoms with van der Waals surface area (Å²) >= 11 is 1.60. The van der Waals surface area contributed by atoms with Gasteiger partial charge in [0, 0.05) is 22.7 Å². The van der Waals surface area contributed by atoms with E-state index in [9.17, 15) is 15.0 Å². The van der Waals surface area contributed by atoms with Gasteiger partial charge in [0.1, 0.15) is 5.75 Å². The van der Waals surface area contributed by atoms with E-state index in [1.165, 1.54) is 0 Å². The van der Waals surface area contributed by atoms with Crippen LogP contribution in [0.3, 0.4) is 0 Å². The molecular weight excluding hydrogens is 322 g/mol. The molecule has 3 N–H and O–H groups in total. The van der Waals surface area contributed by atoms with Gasteiger partial charge in [0.15, 0.2) is 0 Å². The molecule has 0 spiro atoms. The van der Waals surface area contributed by atoms with Crippen molar-refractivity contribution in [1.29, 1.82) is 0 Å². The molecule has 0 saturated carbocycles. The Bertz CT molecular complexity index is 716. The highest BCUT2D eigenvalue weighted by molar-refractivity contribution is 7.99. The molecule has 0 aromatic heterocycles. The van der Waals surface area contributed by atoms with Crippen LogP contribution in [-0.4, -0.2) is 28.5 Å². The van der Waals surface area contributed by atoms with Crippen molar-refractivity contribution < 1.29 is 15.0 Å². The third-order valence-corrected chi connectivity index (χ3v) is 4.55. The maximum Gasteiger partial charge on any atom is 0.335 e. The van der Waals surface area contributed by atoms with Crippen molar-refractivity contribution in [2.24, 2.45) is 0 Å². The molecule has 5 heteroatoms. The third kappa shape index (κ3) is 4.45. The second-order valence-electron chi connectivity index (χ2n) is 5.47. The molecule has 0 bridgehead atoms. The molecule has 0 aliphatic heterocycles. The third-order valence-electron chi connectivity index (χ3n) is 3.63. The second kappa shape index (κ2) is 8.64. The van der Waals surface area contributed by atoms with E-state index in [0.29, 0.717) is 0 Å². The number of anilines is 1. The molecule has 0 atom stereocenters. The summed E-state index contributed by atoms with van der Waals surface area (Å²) in [6, 6.07) is 10.5. The summed E-state index contributed by atoms with van der Waals surface area (Å²) in [5, 5.41) is 22.6. The predicted molar refractivity (Wildman–Crippen MR) is 100 cm³/mol. The number of rotatable bonds is 8. The first kappa shape index (κ1) is 18.2. The highest BCUT2D eigenvalue weighted by Gasteiger charge is 2.16. The zero-order chi connectivity index (χ0) is 17.5. The lowest BCUT2D eigenvalue weighted by Crippen LogP contribution is -2.06. The lowest BCUT2D eigenvalue weighted by Gasteiger charge is -2.17. The predicted octanol–water partition coefficient (Wildman–Crippen LogP) is 5.08. The molecule has 0 heterocycles. The Morgan fingerprint density at radius 1 is 1.21 bits per heavy atom. The molecule has 0 saturated heterocycles. The first-order valence-electron chi connectivity index (χ1n) is 8.14. The van der Waals surface area contributed by atoms with E-state index in [0.717, 1.165) is 46.8 Å². The summed E-state index contributed by atoms with van der Waals surface area (Å²) < 4.78 is 0. The van der Waals surface area contributed by atoms with Crippen LogP contribution in [0.5, 0.6) is 5.75 Å². The lowest BCUT2D eigenvalue weighted by molar-refractivity contribution is 0.0696. The van der Waals surface area contributed by atoms with Crippen LogP contribution in [0, 0.1) is 0 Å². The maximum absolute atomic E-state index is 11.5. The fraction of sp³-hybridized carbons (Fsp3) is 0.316. The number of hydrogen-bond donors (Lipinski definition) is 3. The molecule has 2 aromatic carbocycles. The van der Waals surface area contributed by atoms with Gasteiger partial charge in [0.05, 0.1) is 5.56 Å². The average molecular weight is 345 g/mol. The number of aromatic carboxylic acids is 1. The molecule has 128 valence electrons. The number of hydrogen-bond acceptors (Lipinski definition) is 4. The van der Waals surface area contributed by atoms with Crippen LogP contribution < -0.4 is 5.32 Å². The van der Waals surface area contributed by atoms with E-state index < -0.39 is 5.97 Å². The van der Waals surface area contributed by atoms with Crippen LogP contribution in [0.2, 0.25) is 0 Å². The topological polar surface area (TPSA) is 69.6 Å². The molecule has 0 aliphatic carbocycles. The summed E-state index contributed by atoms with van der Waals surface area (Å²) in [6.45, 7) is 4.93. The molecule has 0 unspecified atom stereocenters. The van der Waals surface area contributed by atoms with Crippen molar-refractivity contribution in [2.45, 2.75) is 31.6 Å². The van der Waals surface area contributed by atoms with Gasteiger partial charge < -0.3 is 15.5 Å². The number of carbonyl (C=O) groups is 1. The quantitative estimate of drug-likeness (QED) is 0.460. The van der Waals surface area contributed by atoms with Crippen molar-refractivity contribution in [2.75, 3.05) is 17.6 Å². The van der Waals surface area contributed by atoms with Gasteiger partial charge in [0.2, 0.25) is 0 Å². The molecular formula is C19H23NO3S. The summed E-state index contributed by atoms with van der Waals surface area (Å²) in [5.41, 5.74) is 2.89. The van der Waals surface area contributed by atoms with Gasteiger partial charge in [-0.3, -0.25) is 0 Å². The fourth-order valence-corrected chi connectivity index (χ4v) is 3.40. The van der Waals surface area contributed by atoms with Crippen molar-refractivity contribution in [3.8, 4) is 16.9 Å². The monoisotopic (exact) mass is 345 g/mol.